The molecule has 184 valence electrons. The molecule has 4 aromatic rings. The monoisotopic (exact) mass is 490 g/mol. The second-order valence-electron chi connectivity index (χ2n) is 8.33. The van der Waals surface area contributed by atoms with Gasteiger partial charge >= 0.3 is 6.55 Å². The van der Waals surface area contributed by atoms with Crippen molar-refractivity contribution in [3.63, 3.8) is 0 Å². The molecule has 11 heteroatoms. The van der Waals surface area contributed by atoms with E-state index < -0.39 is 12.6 Å². The lowest BCUT2D eigenvalue weighted by molar-refractivity contribution is -0.118. The van der Waals surface area contributed by atoms with E-state index in [-0.39, 0.29) is 11.8 Å². The summed E-state index contributed by atoms with van der Waals surface area (Å²) < 4.78 is 27.7. The molecule has 2 N–H and O–H groups in total. The molecule has 0 saturated heterocycles. The quantitative estimate of drug-likeness (QED) is 0.366. The number of aryl methyl sites for hydroxylation is 1. The molecule has 0 saturated carbocycles. The van der Waals surface area contributed by atoms with Gasteiger partial charge in [-0.15, -0.1) is 0 Å². The van der Waals surface area contributed by atoms with Crippen LogP contribution in [0, 0.1) is 11.3 Å². The number of aromatic nitrogens is 5. The smallest absolute Gasteiger partial charge is 0.309 e. The van der Waals surface area contributed by atoms with Crippen molar-refractivity contribution in [2.45, 2.75) is 25.4 Å². The van der Waals surface area contributed by atoms with Crippen LogP contribution in [-0.2, 0) is 11.8 Å². The first-order valence-corrected chi connectivity index (χ1v) is 11.2. The fourth-order valence-corrected chi connectivity index (χ4v) is 3.68. The minimum absolute atomic E-state index is 0.0799. The predicted molar refractivity (Wildman–Crippen MR) is 129 cm³/mol. The van der Waals surface area contributed by atoms with Crippen molar-refractivity contribution in [2.75, 3.05) is 11.9 Å². The van der Waals surface area contributed by atoms with Crippen LogP contribution in [0.4, 0.5) is 14.6 Å². The summed E-state index contributed by atoms with van der Waals surface area (Å²) in [6, 6.07) is 12.0. The third-order valence-electron chi connectivity index (χ3n) is 5.71. The minimum Gasteiger partial charge on any atom is -0.309 e. The Morgan fingerprint density at radius 2 is 1.81 bits per heavy atom. The van der Waals surface area contributed by atoms with Crippen LogP contribution in [0.5, 0.6) is 0 Å². The Balaban J connectivity index is 1.45. The second-order valence-corrected chi connectivity index (χ2v) is 8.33. The van der Waals surface area contributed by atoms with Crippen molar-refractivity contribution in [3.05, 3.63) is 84.1 Å². The highest BCUT2D eigenvalue weighted by Gasteiger charge is 2.23. The van der Waals surface area contributed by atoms with Crippen LogP contribution in [0.1, 0.15) is 42.1 Å². The van der Waals surface area contributed by atoms with Gasteiger partial charge in [-0.25, -0.2) is 9.67 Å². The van der Waals surface area contributed by atoms with Gasteiger partial charge in [0.1, 0.15) is 11.9 Å². The molecule has 0 aliphatic carbocycles. The van der Waals surface area contributed by atoms with Crippen molar-refractivity contribution in [1.82, 2.24) is 29.9 Å². The Kier molecular flexibility index (Phi) is 7.46. The third kappa shape index (κ3) is 5.79. The molecule has 0 unspecified atom stereocenters. The van der Waals surface area contributed by atoms with E-state index in [9.17, 15) is 13.6 Å². The van der Waals surface area contributed by atoms with E-state index in [0.29, 0.717) is 39.3 Å². The van der Waals surface area contributed by atoms with Crippen molar-refractivity contribution < 1.29 is 13.6 Å². The van der Waals surface area contributed by atoms with Gasteiger partial charge in [0.15, 0.2) is 0 Å². The summed E-state index contributed by atoms with van der Waals surface area (Å²) in [5.74, 6) is 0.0814. The summed E-state index contributed by atoms with van der Waals surface area (Å²) in [4.78, 5) is 17.5. The van der Waals surface area contributed by atoms with Crippen LogP contribution in [0.25, 0.3) is 11.1 Å². The number of carbonyl (C=O) groups is 1. The van der Waals surface area contributed by atoms with E-state index in [2.05, 4.69) is 31.9 Å². The van der Waals surface area contributed by atoms with Gasteiger partial charge in [0.25, 0.3) is 0 Å². The number of pyridine rings is 1. The van der Waals surface area contributed by atoms with Crippen LogP contribution >= 0.6 is 0 Å². The Hall–Kier alpha value is -4.43. The van der Waals surface area contributed by atoms with Crippen molar-refractivity contribution in [3.8, 4) is 17.2 Å². The van der Waals surface area contributed by atoms with Gasteiger partial charge in [0, 0.05) is 48.9 Å². The molecule has 0 aliphatic heterocycles. The molecule has 3 aromatic heterocycles. The van der Waals surface area contributed by atoms with Gasteiger partial charge in [-0.05, 0) is 35.7 Å². The number of hydrogen-bond acceptors (Lipinski definition) is 6. The van der Waals surface area contributed by atoms with E-state index in [1.54, 1.807) is 48.4 Å². The first-order chi connectivity index (χ1) is 17.3. The highest BCUT2D eigenvalue weighted by atomic mass is 19.3. The van der Waals surface area contributed by atoms with Crippen LogP contribution in [-0.4, -0.2) is 37.0 Å². The summed E-state index contributed by atoms with van der Waals surface area (Å²) in [7, 11) is 1.77. The van der Waals surface area contributed by atoms with Crippen molar-refractivity contribution in [2.24, 2.45) is 7.05 Å². The van der Waals surface area contributed by atoms with Crippen LogP contribution < -0.4 is 10.6 Å². The molecular formula is C25H24F2N8O. The first-order valence-electron chi connectivity index (χ1n) is 11.2. The fraction of sp³-hybridized carbons (Fsp3) is 0.240. The van der Waals surface area contributed by atoms with E-state index in [4.69, 9.17) is 5.26 Å². The maximum atomic E-state index is 13.2. The summed E-state index contributed by atoms with van der Waals surface area (Å²) in [6.07, 6.45) is 7.44. The number of halogens is 2. The topological polar surface area (TPSA) is 113 Å². The average Bonchev–Trinajstić information content (AvgIpc) is 3.54. The molecule has 3 heterocycles. The molecule has 0 bridgehead atoms. The highest BCUT2D eigenvalue weighted by molar-refractivity contribution is 5.94. The van der Waals surface area contributed by atoms with Gasteiger partial charge in [-0.2, -0.15) is 24.2 Å². The Morgan fingerprint density at radius 3 is 2.39 bits per heavy atom. The second kappa shape index (κ2) is 10.9. The maximum absolute atomic E-state index is 13.2. The highest BCUT2D eigenvalue weighted by Crippen LogP contribution is 2.23. The number of hydrogen-bond donors (Lipinski definition) is 2. The van der Waals surface area contributed by atoms with E-state index in [1.807, 2.05) is 19.1 Å². The molecule has 2 atom stereocenters. The average molecular weight is 491 g/mol. The number of benzene rings is 1. The standard InChI is InChI=1S/C25H24F2N8O/c1-16(18-5-3-17(9-28)4-6-18)10-30-23(21-13-31-34(2)14-21)24(36)33-22-8-7-19(11-29-22)20-12-32-35(15-20)25(26)27/h3-8,11-16,23,25,30H,10H2,1-2H3,(H,29,33,36)/t16-,23+/m1/s1. The molecule has 4 rings (SSSR count). The Morgan fingerprint density at radius 1 is 1.03 bits per heavy atom. The van der Waals surface area contributed by atoms with Gasteiger partial charge in [-0.3, -0.25) is 9.48 Å². The molecule has 0 spiro atoms. The predicted octanol–water partition coefficient (Wildman–Crippen LogP) is 4.02. The SMILES string of the molecule is C[C@H](CN[C@H](C(=O)Nc1ccc(-c2cnn(C(F)F)c2)cn1)c1cnn(C)c1)c1ccc(C#N)cc1. The lowest BCUT2D eigenvalue weighted by Gasteiger charge is -2.20. The molecule has 0 fully saturated rings. The van der Waals surface area contributed by atoms with Gasteiger partial charge in [-0.1, -0.05) is 19.1 Å². The number of alkyl halides is 2. The number of nitriles is 1. The van der Waals surface area contributed by atoms with E-state index in [0.717, 1.165) is 5.56 Å². The Labute approximate surface area is 206 Å². The lowest BCUT2D eigenvalue weighted by Crippen LogP contribution is -2.35. The first kappa shape index (κ1) is 24.7. The number of amides is 1. The summed E-state index contributed by atoms with van der Waals surface area (Å²) in [6.45, 7) is -0.190. The maximum Gasteiger partial charge on any atom is 0.333 e. The molecule has 0 aliphatic rings. The van der Waals surface area contributed by atoms with Crippen LogP contribution in [0.3, 0.4) is 0 Å². The molecule has 0 radical (unpaired) electrons. The number of anilines is 1. The van der Waals surface area contributed by atoms with E-state index in [1.165, 1.54) is 18.6 Å². The molecule has 36 heavy (non-hydrogen) atoms. The molecule has 9 nitrogen and oxygen atoms in total. The van der Waals surface area contributed by atoms with Crippen molar-refractivity contribution >= 4 is 11.7 Å². The number of nitrogens with one attached hydrogen (secondary N) is 2. The third-order valence-corrected chi connectivity index (χ3v) is 5.71. The van der Waals surface area contributed by atoms with Gasteiger partial charge in [0.05, 0.1) is 24.0 Å². The van der Waals surface area contributed by atoms with Crippen LogP contribution in [0.2, 0.25) is 0 Å². The minimum atomic E-state index is -2.72. The molecule has 1 amide bonds. The van der Waals surface area contributed by atoms with Gasteiger partial charge < -0.3 is 10.6 Å². The number of rotatable bonds is 9. The largest absolute Gasteiger partial charge is 0.333 e. The van der Waals surface area contributed by atoms with E-state index >= 15 is 0 Å². The zero-order chi connectivity index (χ0) is 25.7. The lowest BCUT2D eigenvalue weighted by atomic mass is 9.99. The summed E-state index contributed by atoms with van der Waals surface area (Å²) in [5.41, 5.74) is 3.41. The van der Waals surface area contributed by atoms with Crippen molar-refractivity contribution in [1.29, 1.82) is 5.26 Å². The normalized spacial score (nSPS) is 12.8. The zero-order valence-electron chi connectivity index (χ0n) is 19.6. The zero-order valence-corrected chi connectivity index (χ0v) is 19.6. The number of nitrogens with zero attached hydrogens (tertiary/aromatic N) is 6. The molecular weight excluding hydrogens is 466 g/mol. The number of carbonyl (C=O) groups excluding carboxylic acids is 1. The molecule has 1 aromatic carbocycles. The van der Waals surface area contributed by atoms with Crippen LogP contribution in [0.15, 0.2) is 67.4 Å². The summed E-state index contributed by atoms with van der Waals surface area (Å²) >= 11 is 0. The summed E-state index contributed by atoms with van der Waals surface area (Å²) in [5, 5.41) is 22.9. The Bertz CT molecular complexity index is 1360. The fourth-order valence-electron chi connectivity index (χ4n) is 3.68. The van der Waals surface area contributed by atoms with Gasteiger partial charge in [0.2, 0.25) is 5.91 Å².